The standard InChI is InChI=1S/C11H19NO2/c1-3-10(13)12-9-11(14-4-2)7-5-6-8-11/h3H,1,4-9H2,2H3,(H,12,13). The van der Waals surface area contributed by atoms with Gasteiger partial charge >= 0.3 is 0 Å². The molecular weight excluding hydrogens is 178 g/mol. The molecule has 1 aliphatic carbocycles. The molecule has 0 bridgehead atoms. The van der Waals surface area contributed by atoms with E-state index >= 15 is 0 Å². The fourth-order valence-corrected chi connectivity index (χ4v) is 2.02. The summed E-state index contributed by atoms with van der Waals surface area (Å²) in [6.45, 7) is 6.75. The maximum Gasteiger partial charge on any atom is 0.243 e. The van der Waals surface area contributed by atoms with Crippen molar-refractivity contribution >= 4 is 5.91 Å². The van der Waals surface area contributed by atoms with Crippen molar-refractivity contribution in [1.82, 2.24) is 5.32 Å². The molecule has 80 valence electrons. The van der Waals surface area contributed by atoms with Gasteiger partial charge in [0.15, 0.2) is 0 Å². The number of nitrogens with one attached hydrogen (secondary N) is 1. The first kappa shape index (κ1) is 11.2. The number of hydrogen-bond donors (Lipinski definition) is 1. The SMILES string of the molecule is C=CC(=O)NCC1(OCC)CCCC1. The van der Waals surface area contributed by atoms with E-state index < -0.39 is 0 Å². The maximum atomic E-state index is 11.0. The number of hydrogen-bond acceptors (Lipinski definition) is 2. The Labute approximate surface area is 85.5 Å². The van der Waals surface area contributed by atoms with Gasteiger partial charge in [0.05, 0.1) is 5.60 Å². The molecule has 0 aromatic carbocycles. The van der Waals surface area contributed by atoms with Crippen LogP contribution in [0.5, 0.6) is 0 Å². The highest BCUT2D eigenvalue weighted by atomic mass is 16.5. The number of carbonyl (C=O) groups excluding carboxylic acids is 1. The van der Waals surface area contributed by atoms with Crippen molar-refractivity contribution < 1.29 is 9.53 Å². The van der Waals surface area contributed by atoms with Crippen LogP contribution in [0.3, 0.4) is 0 Å². The average molecular weight is 197 g/mol. The summed E-state index contributed by atoms with van der Waals surface area (Å²) in [6, 6.07) is 0. The van der Waals surface area contributed by atoms with Crippen LogP contribution in [0.15, 0.2) is 12.7 Å². The van der Waals surface area contributed by atoms with Gasteiger partial charge in [0.1, 0.15) is 0 Å². The molecule has 0 unspecified atom stereocenters. The van der Waals surface area contributed by atoms with Crippen LogP contribution in [0.25, 0.3) is 0 Å². The lowest BCUT2D eigenvalue weighted by Crippen LogP contribution is -2.42. The first-order chi connectivity index (χ1) is 6.72. The zero-order valence-corrected chi connectivity index (χ0v) is 8.84. The Morgan fingerprint density at radius 2 is 2.21 bits per heavy atom. The van der Waals surface area contributed by atoms with Crippen molar-refractivity contribution in [1.29, 1.82) is 0 Å². The topological polar surface area (TPSA) is 38.3 Å². The second-order valence-electron chi connectivity index (χ2n) is 3.75. The summed E-state index contributed by atoms with van der Waals surface area (Å²) in [7, 11) is 0. The van der Waals surface area contributed by atoms with E-state index in [1.165, 1.54) is 18.9 Å². The van der Waals surface area contributed by atoms with Gasteiger partial charge in [-0.15, -0.1) is 0 Å². The van der Waals surface area contributed by atoms with Gasteiger partial charge in [0.25, 0.3) is 0 Å². The van der Waals surface area contributed by atoms with E-state index in [0.717, 1.165) is 12.8 Å². The van der Waals surface area contributed by atoms with Gasteiger partial charge in [-0.1, -0.05) is 19.4 Å². The molecule has 0 heterocycles. The molecular formula is C11H19NO2. The third-order valence-electron chi connectivity index (χ3n) is 2.74. The van der Waals surface area contributed by atoms with Crippen LogP contribution in [0.4, 0.5) is 0 Å². The summed E-state index contributed by atoms with van der Waals surface area (Å²) in [5.74, 6) is -0.115. The Morgan fingerprint density at radius 3 is 2.71 bits per heavy atom. The molecule has 1 saturated carbocycles. The van der Waals surface area contributed by atoms with Gasteiger partial charge in [0, 0.05) is 13.2 Å². The molecule has 0 aromatic heterocycles. The molecule has 1 N–H and O–H groups in total. The third-order valence-corrected chi connectivity index (χ3v) is 2.74. The van der Waals surface area contributed by atoms with Crippen LogP contribution < -0.4 is 5.32 Å². The molecule has 3 nitrogen and oxygen atoms in total. The van der Waals surface area contributed by atoms with Crippen LogP contribution in [0, 0.1) is 0 Å². The minimum Gasteiger partial charge on any atom is -0.373 e. The molecule has 1 amide bonds. The van der Waals surface area contributed by atoms with Gasteiger partial charge in [-0.2, -0.15) is 0 Å². The van der Waals surface area contributed by atoms with Crippen LogP contribution in [0.1, 0.15) is 32.6 Å². The molecule has 3 heteroatoms. The minimum atomic E-state index is -0.115. The molecule has 1 aliphatic rings. The number of amides is 1. The van der Waals surface area contributed by atoms with Crippen LogP contribution in [0.2, 0.25) is 0 Å². The summed E-state index contributed by atoms with van der Waals surface area (Å²) < 4.78 is 5.74. The molecule has 14 heavy (non-hydrogen) atoms. The van der Waals surface area contributed by atoms with E-state index in [1.54, 1.807) is 0 Å². The third kappa shape index (κ3) is 2.84. The number of ether oxygens (including phenoxy) is 1. The quantitative estimate of drug-likeness (QED) is 0.680. The molecule has 1 fully saturated rings. The van der Waals surface area contributed by atoms with E-state index in [4.69, 9.17) is 4.74 Å². The summed E-state index contributed by atoms with van der Waals surface area (Å²) in [6.07, 6.45) is 5.80. The Hall–Kier alpha value is -0.830. The van der Waals surface area contributed by atoms with E-state index in [2.05, 4.69) is 11.9 Å². The van der Waals surface area contributed by atoms with Gasteiger partial charge in [-0.05, 0) is 25.8 Å². The van der Waals surface area contributed by atoms with E-state index in [-0.39, 0.29) is 11.5 Å². The van der Waals surface area contributed by atoms with Crippen LogP contribution in [-0.2, 0) is 9.53 Å². The van der Waals surface area contributed by atoms with Crippen molar-refractivity contribution in [2.75, 3.05) is 13.2 Å². The smallest absolute Gasteiger partial charge is 0.243 e. The van der Waals surface area contributed by atoms with Crippen molar-refractivity contribution in [3.8, 4) is 0 Å². The Morgan fingerprint density at radius 1 is 1.57 bits per heavy atom. The Kier molecular flexibility index (Phi) is 4.14. The summed E-state index contributed by atoms with van der Waals surface area (Å²) in [5.41, 5.74) is -0.104. The highest BCUT2D eigenvalue weighted by molar-refractivity contribution is 5.86. The molecule has 0 atom stereocenters. The Bertz CT molecular complexity index is 207. The lowest BCUT2D eigenvalue weighted by atomic mass is 10.0. The van der Waals surface area contributed by atoms with Crippen molar-refractivity contribution in [2.24, 2.45) is 0 Å². The molecule has 0 radical (unpaired) electrons. The largest absolute Gasteiger partial charge is 0.373 e. The summed E-state index contributed by atoms with van der Waals surface area (Å²) in [5, 5.41) is 2.82. The van der Waals surface area contributed by atoms with E-state index in [0.29, 0.717) is 13.2 Å². The Balaban J connectivity index is 2.43. The first-order valence-electron chi connectivity index (χ1n) is 5.27. The van der Waals surface area contributed by atoms with Crippen molar-refractivity contribution in [2.45, 2.75) is 38.2 Å². The van der Waals surface area contributed by atoms with Gasteiger partial charge in [0.2, 0.25) is 5.91 Å². The summed E-state index contributed by atoms with van der Waals surface area (Å²) >= 11 is 0. The van der Waals surface area contributed by atoms with Crippen LogP contribution in [-0.4, -0.2) is 24.7 Å². The van der Waals surface area contributed by atoms with Crippen molar-refractivity contribution in [3.63, 3.8) is 0 Å². The van der Waals surface area contributed by atoms with Crippen molar-refractivity contribution in [3.05, 3.63) is 12.7 Å². The molecule has 0 aromatic rings. The predicted molar refractivity (Wildman–Crippen MR) is 56.0 cm³/mol. The maximum absolute atomic E-state index is 11.0. The zero-order valence-electron chi connectivity index (χ0n) is 8.84. The second-order valence-corrected chi connectivity index (χ2v) is 3.75. The van der Waals surface area contributed by atoms with Gasteiger partial charge in [-0.25, -0.2) is 0 Å². The van der Waals surface area contributed by atoms with Crippen LogP contribution >= 0.6 is 0 Å². The lowest BCUT2D eigenvalue weighted by molar-refractivity contribution is -0.118. The first-order valence-corrected chi connectivity index (χ1v) is 5.27. The minimum absolute atomic E-state index is 0.104. The molecule has 1 rings (SSSR count). The lowest BCUT2D eigenvalue weighted by Gasteiger charge is -2.28. The fraction of sp³-hybridized carbons (Fsp3) is 0.727. The molecule has 0 spiro atoms. The second kappa shape index (κ2) is 5.15. The highest BCUT2D eigenvalue weighted by Gasteiger charge is 2.34. The van der Waals surface area contributed by atoms with Gasteiger partial charge in [-0.3, -0.25) is 4.79 Å². The normalized spacial score (nSPS) is 19.2. The summed E-state index contributed by atoms with van der Waals surface area (Å²) in [4.78, 5) is 11.0. The van der Waals surface area contributed by atoms with E-state index in [1.807, 2.05) is 6.92 Å². The highest BCUT2D eigenvalue weighted by Crippen LogP contribution is 2.32. The number of rotatable bonds is 5. The zero-order chi connectivity index (χ0) is 10.4. The predicted octanol–water partition coefficient (Wildman–Crippen LogP) is 1.64. The monoisotopic (exact) mass is 197 g/mol. The van der Waals surface area contributed by atoms with E-state index in [9.17, 15) is 4.79 Å². The molecule has 0 saturated heterocycles. The average Bonchev–Trinajstić information content (AvgIpc) is 2.64. The number of carbonyl (C=O) groups is 1. The molecule has 0 aliphatic heterocycles. The fourth-order valence-electron chi connectivity index (χ4n) is 2.02. The van der Waals surface area contributed by atoms with Gasteiger partial charge < -0.3 is 10.1 Å².